The maximum absolute atomic E-state index is 12.4. The minimum absolute atomic E-state index is 0. The first-order valence-electron chi connectivity index (χ1n) is 8.09. The summed E-state index contributed by atoms with van der Waals surface area (Å²) in [5.41, 5.74) is 0.505. The summed E-state index contributed by atoms with van der Waals surface area (Å²) in [6, 6.07) is 5.51. The molecular formula is C17H26ClN3O4. The van der Waals surface area contributed by atoms with Gasteiger partial charge in [0.25, 0.3) is 11.8 Å². The Kier molecular flexibility index (Phi) is 8.51. The molecule has 1 aliphatic rings. The summed E-state index contributed by atoms with van der Waals surface area (Å²) in [5.74, 6) is 0.475. The molecule has 25 heavy (non-hydrogen) atoms. The van der Waals surface area contributed by atoms with Gasteiger partial charge in [0.05, 0.1) is 7.11 Å². The van der Waals surface area contributed by atoms with Crippen LogP contribution in [-0.4, -0.2) is 51.2 Å². The van der Waals surface area contributed by atoms with Crippen LogP contribution in [0.25, 0.3) is 0 Å². The third-order valence-corrected chi connectivity index (χ3v) is 4.02. The number of methoxy groups -OCH3 is 1. The molecule has 2 unspecified atom stereocenters. The third kappa shape index (κ3) is 6.10. The van der Waals surface area contributed by atoms with Gasteiger partial charge in [0.15, 0.2) is 18.1 Å². The van der Waals surface area contributed by atoms with Crippen LogP contribution in [0.3, 0.4) is 0 Å². The van der Waals surface area contributed by atoms with Gasteiger partial charge in [0.2, 0.25) is 0 Å². The second-order valence-corrected chi connectivity index (χ2v) is 5.88. The molecule has 2 amide bonds. The number of halogens is 1. The molecule has 8 heteroatoms. The lowest BCUT2D eigenvalue weighted by Gasteiger charge is -2.28. The molecule has 1 saturated heterocycles. The van der Waals surface area contributed by atoms with Crippen molar-refractivity contribution in [2.45, 2.75) is 31.8 Å². The second kappa shape index (κ2) is 10.1. The predicted molar refractivity (Wildman–Crippen MR) is 97.8 cm³/mol. The SMILES string of the molecule is CNC(=O)COc1ccc(C(=O)NC2CCNC(C)C2)cc1OC.Cl. The van der Waals surface area contributed by atoms with Gasteiger partial charge in [0.1, 0.15) is 0 Å². The molecule has 3 N–H and O–H groups in total. The highest BCUT2D eigenvalue weighted by Crippen LogP contribution is 2.28. The number of carbonyl (C=O) groups excluding carboxylic acids is 2. The minimum atomic E-state index is -0.237. The Bertz CT molecular complexity index is 597. The number of rotatable bonds is 6. The van der Waals surface area contributed by atoms with Crippen LogP contribution in [0.15, 0.2) is 18.2 Å². The van der Waals surface area contributed by atoms with E-state index in [4.69, 9.17) is 9.47 Å². The Balaban J connectivity index is 0.00000312. The number of amides is 2. The van der Waals surface area contributed by atoms with Crippen molar-refractivity contribution in [3.05, 3.63) is 23.8 Å². The van der Waals surface area contributed by atoms with E-state index in [-0.39, 0.29) is 36.9 Å². The lowest BCUT2D eigenvalue weighted by Crippen LogP contribution is -2.46. The highest BCUT2D eigenvalue weighted by atomic mass is 35.5. The van der Waals surface area contributed by atoms with Crippen LogP contribution in [0, 0.1) is 0 Å². The van der Waals surface area contributed by atoms with Gasteiger partial charge in [-0.3, -0.25) is 9.59 Å². The standard InChI is InChI=1S/C17H25N3O4.ClH/c1-11-8-13(6-7-19-11)20-17(22)12-4-5-14(15(9-12)23-3)24-10-16(21)18-2;/h4-5,9,11,13,19H,6-8,10H2,1-3H3,(H,18,21)(H,20,22);1H. The van der Waals surface area contributed by atoms with Crippen LogP contribution in [0.4, 0.5) is 0 Å². The second-order valence-electron chi connectivity index (χ2n) is 5.88. The Morgan fingerprint density at radius 3 is 2.72 bits per heavy atom. The molecule has 0 aliphatic carbocycles. The van der Waals surface area contributed by atoms with Crippen molar-refractivity contribution < 1.29 is 19.1 Å². The molecule has 2 rings (SSSR count). The van der Waals surface area contributed by atoms with Gasteiger partial charge in [0, 0.05) is 24.7 Å². The molecule has 0 aromatic heterocycles. The molecule has 0 bridgehead atoms. The van der Waals surface area contributed by atoms with E-state index in [9.17, 15) is 9.59 Å². The van der Waals surface area contributed by atoms with Crippen LogP contribution >= 0.6 is 12.4 Å². The van der Waals surface area contributed by atoms with Crippen molar-refractivity contribution in [3.8, 4) is 11.5 Å². The van der Waals surface area contributed by atoms with E-state index in [0.29, 0.717) is 23.1 Å². The summed E-state index contributed by atoms with van der Waals surface area (Å²) in [6.07, 6.45) is 1.83. The molecule has 0 spiro atoms. The Morgan fingerprint density at radius 2 is 2.08 bits per heavy atom. The van der Waals surface area contributed by atoms with Crippen molar-refractivity contribution in [1.29, 1.82) is 0 Å². The molecule has 0 radical (unpaired) electrons. The van der Waals surface area contributed by atoms with Crippen LogP contribution in [0.2, 0.25) is 0 Å². The summed E-state index contributed by atoms with van der Waals surface area (Å²) in [5, 5.41) is 8.89. The fourth-order valence-electron chi connectivity index (χ4n) is 2.68. The fraction of sp³-hybridized carbons (Fsp3) is 0.529. The molecular weight excluding hydrogens is 346 g/mol. The van der Waals surface area contributed by atoms with Crippen LogP contribution in [0.1, 0.15) is 30.1 Å². The summed E-state index contributed by atoms with van der Waals surface area (Å²) in [7, 11) is 3.04. The Labute approximate surface area is 154 Å². The quantitative estimate of drug-likeness (QED) is 0.697. The number of carbonyl (C=O) groups is 2. The van der Waals surface area contributed by atoms with E-state index >= 15 is 0 Å². The van der Waals surface area contributed by atoms with Crippen molar-refractivity contribution in [3.63, 3.8) is 0 Å². The van der Waals surface area contributed by atoms with Crippen molar-refractivity contribution in [2.24, 2.45) is 0 Å². The molecule has 1 fully saturated rings. The first-order valence-corrected chi connectivity index (χ1v) is 8.09. The maximum Gasteiger partial charge on any atom is 0.257 e. The topological polar surface area (TPSA) is 88.7 Å². The first kappa shape index (κ1) is 21.1. The summed E-state index contributed by atoms with van der Waals surface area (Å²) >= 11 is 0. The number of piperidine rings is 1. The number of nitrogens with one attached hydrogen (secondary N) is 3. The maximum atomic E-state index is 12.4. The van der Waals surface area contributed by atoms with Gasteiger partial charge >= 0.3 is 0 Å². The van der Waals surface area contributed by atoms with Crippen molar-refractivity contribution in [1.82, 2.24) is 16.0 Å². The van der Waals surface area contributed by atoms with Gasteiger partial charge < -0.3 is 25.4 Å². The van der Waals surface area contributed by atoms with Crippen LogP contribution in [-0.2, 0) is 4.79 Å². The number of ether oxygens (including phenoxy) is 2. The van der Waals surface area contributed by atoms with Gasteiger partial charge in [-0.1, -0.05) is 0 Å². The molecule has 0 saturated carbocycles. The first-order chi connectivity index (χ1) is 11.5. The molecule has 1 aliphatic heterocycles. The fourth-order valence-corrected chi connectivity index (χ4v) is 2.68. The lowest BCUT2D eigenvalue weighted by molar-refractivity contribution is -0.122. The average Bonchev–Trinajstić information content (AvgIpc) is 2.59. The molecule has 1 heterocycles. The molecule has 1 aromatic rings. The number of likely N-dealkylation sites (N-methyl/N-ethyl adjacent to an activating group) is 1. The van der Waals surface area contributed by atoms with E-state index in [2.05, 4.69) is 22.9 Å². The monoisotopic (exact) mass is 371 g/mol. The number of benzene rings is 1. The number of hydrogen-bond donors (Lipinski definition) is 3. The largest absolute Gasteiger partial charge is 0.493 e. The highest BCUT2D eigenvalue weighted by molar-refractivity contribution is 5.95. The normalized spacial score (nSPS) is 19.3. The minimum Gasteiger partial charge on any atom is -0.493 e. The molecule has 140 valence electrons. The Hall–Kier alpha value is -1.99. The Morgan fingerprint density at radius 1 is 1.32 bits per heavy atom. The van der Waals surface area contributed by atoms with E-state index in [1.165, 1.54) is 14.2 Å². The van der Waals surface area contributed by atoms with Gasteiger partial charge in [-0.2, -0.15) is 0 Å². The van der Waals surface area contributed by atoms with Crippen molar-refractivity contribution in [2.75, 3.05) is 27.3 Å². The van der Waals surface area contributed by atoms with Crippen LogP contribution < -0.4 is 25.4 Å². The molecule has 1 aromatic carbocycles. The summed E-state index contributed by atoms with van der Waals surface area (Å²) < 4.78 is 10.7. The van der Waals surface area contributed by atoms with E-state index in [1.54, 1.807) is 18.2 Å². The zero-order valence-corrected chi connectivity index (χ0v) is 15.6. The molecule has 7 nitrogen and oxygen atoms in total. The lowest BCUT2D eigenvalue weighted by atomic mass is 10.0. The third-order valence-electron chi connectivity index (χ3n) is 4.02. The van der Waals surface area contributed by atoms with Crippen LogP contribution in [0.5, 0.6) is 11.5 Å². The zero-order valence-electron chi connectivity index (χ0n) is 14.8. The zero-order chi connectivity index (χ0) is 17.5. The number of hydrogen-bond acceptors (Lipinski definition) is 5. The smallest absolute Gasteiger partial charge is 0.257 e. The van der Waals surface area contributed by atoms with Gasteiger partial charge in [-0.15, -0.1) is 12.4 Å². The summed E-state index contributed by atoms with van der Waals surface area (Å²) in [6.45, 7) is 2.91. The summed E-state index contributed by atoms with van der Waals surface area (Å²) in [4.78, 5) is 23.7. The van der Waals surface area contributed by atoms with E-state index in [1.807, 2.05) is 0 Å². The predicted octanol–water partition coefficient (Wildman–Crippen LogP) is 1.11. The van der Waals surface area contributed by atoms with E-state index in [0.717, 1.165) is 19.4 Å². The highest BCUT2D eigenvalue weighted by Gasteiger charge is 2.21. The van der Waals surface area contributed by atoms with Crippen molar-refractivity contribution >= 4 is 24.2 Å². The molecule has 2 atom stereocenters. The van der Waals surface area contributed by atoms with Gasteiger partial charge in [-0.05, 0) is 44.5 Å². The van der Waals surface area contributed by atoms with E-state index < -0.39 is 0 Å². The van der Waals surface area contributed by atoms with Gasteiger partial charge in [-0.25, -0.2) is 0 Å². The average molecular weight is 372 g/mol.